The smallest absolute Gasteiger partial charge is 0.225 e. The molecule has 1 fully saturated rings. The Balaban J connectivity index is 2.11. The van der Waals surface area contributed by atoms with Crippen LogP contribution < -0.4 is 0 Å². The van der Waals surface area contributed by atoms with Crippen molar-refractivity contribution < 1.29 is 13.9 Å². The lowest BCUT2D eigenvalue weighted by Gasteiger charge is -2.44. The van der Waals surface area contributed by atoms with Crippen LogP contribution in [0, 0.1) is 11.2 Å². The second-order valence-corrected chi connectivity index (χ2v) is 6.20. The fraction of sp³-hybridized carbons (Fsp3) is 0.333. The summed E-state index contributed by atoms with van der Waals surface area (Å²) in [5.41, 5.74) is 1.15. The summed E-state index contributed by atoms with van der Waals surface area (Å²) in [5, 5.41) is 0. The number of halogens is 1. The van der Waals surface area contributed by atoms with E-state index in [1.165, 1.54) is 6.07 Å². The number of hydrogen-bond acceptors (Lipinski definition) is 2. The molecule has 2 aromatic carbocycles. The zero-order valence-electron chi connectivity index (χ0n) is 12.3. The molecule has 0 radical (unpaired) electrons. The molecule has 0 aromatic heterocycles. The van der Waals surface area contributed by atoms with Crippen LogP contribution >= 0.6 is 0 Å². The Bertz CT molecular complexity index is 612. The summed E-state index contributed by atoms with van der Waals surface area (Å²) in [4.78, 5) is 0. The predicted molar refractivity (Wildman–Crippen MR) is 79.3 cm³/mol. The van der Waals surface area contributed by atoms with Crippen molar-refractivity contribution >= 4 is 0 Å². The first-order valence-electron chi connectivity index (χ1n) is 7.12. The average molecular weight is 286 g/mol. The van der Waals surface area contributed by atoms with E-state index in [2.05, 4.69) is 13.8 Å². The van der Waals surface area contributed by atoms with Crippen LogP contribution in [0.25, 0.3) is 0 Å². The van der Waals surface area contributed by atoms with Gasteiger partial charge in [-0.15, -0.1) is 0 Å². The van der Waals surface area contributed by atoms with Gasteiger partial charge in [0, 0.05) is 11.0 Å². The maximum absolute atomic E-state index is 14.3. The van der Waals surface area contributed by atoms with E-state index < -0.39 is 5.79 Å². The Morgan fingerprint density at radius 2 is 1.43 bits per heavy atom. The number of benzene rings is 2. The first-order chi connectivity index (χ1) is 10.0. The molecule has 0 aliphatic carbocycles. The van der Waals surface area contributed by atoms with Gasteiger partial charge >= 0.3 is 0 Å². The van der Waals surface area contributed by atoms with Crippen molar-refractivity contribution in [3.63, 3.8) is 0 Å². The van der Waals surface area contributed by atoms with Crippen LogP contribution in [0.5, 0.6) is 0 Å². The molecule has 2 nitrogen and oxygen atoms in total. The zero-order valence-corrected chi connectivity index (χ0v) is 12.3. The Morgan fingerprint density at radius 1 is 0.857 bits per heavy atom. The summed E-state index contributed by atoms with van der Waals surface area (Å²) in [6.07, 6.45) is 0. The van der Waals surface area contributed by atoms with Gasteiger partial charge in [-0.2, -0.15) is 0 Å². The fourth-order valence-corrected chi connectivity index (χ4v) is 2.54. The maximum atomic E-state index is 14.3. The molecule has 3 rings (SSSR count). The summed E-state index contributed by atoms with van der Waals surface area (Å²) in [7, 11) is 0. The van der Waals surface area contributed by atoms with E-state index in [0.29, 0.717) is 18.8 Å². The van der Waals surface area contributed by atoms with Gasteiger partial charge in [-0.05, 0) is 6.07 Å². The van der Waals surface area contributed by atoms with Crippen molar-refractivity contribution in [2.45, 2.75) is 19.6 Å². The van der Waals surface area contributed by atoms with Gasteiger partial charge in [0.25, 0.3) is 0 Å². The minimum atomic E-state index is -1.16. The van der Waals surface area contributed by atoms with Crippen LogP contribution in [0.2, 0.25) is 0 Å². The van der Waals surface area contributed by atoms with Crippen molar-refractivity contribution in [3.05, 3.63) is 71.5 Å². The van der Waals surface area contributed by atoms with Crippen molar-refractivity contribution in [1.29, 1.82) is 0 Å². The fourth-order valence-electron chi connectivity index (χ4n) is 2.54. The van der Waals surface area contributed by atoms with Gasteiger partial charge in [0.05, 0.1) is 18.8 Å². The highest BCUT2D eigenvalue weighted by molar-refractivity contribution is 5.35. The minimum Gasteiger partial charge on any atom is -0.341 e. The molecule has 21 heavy (non-hydrogen) atoms. The van der Waals surface area contributed by atoms with Crippen LogP contribution in [-0.2, 0) is 15.3 Å². The minimum absolute atomic E-state index is 0.0798. The van der Waals surface area contributed by atoms with Gasteiger partial charge in [-0.1, -0.05) is 62.4 Å². The molecule has 1 saturated heterocycles. The monoisotopic (exact) mass is 286 g/mol. The molecule has 0 atom stereocenters. The third kappa shape index (κ3) is 2.59. The number of ether oxygens (including phenoxy) is 2. The van der Waals surface area contributed by atoms with Gasteiger partial charge in [0.15, 0.2) is 0 Å². The third-order valence-electron chi connectivity index (χ3n) is 3.71. The molecule has 3 heteroatoms. The molecule has 1 aliphatic rings. The Hall–Kier alpha value is -1.71. The molecule has 110 valence electrons. The van der Waals surface area contributed by atoms with E-state index in [-0.39, 0.29) is 11.2 Å². The lowest BCUT2D eigenvalue weighted by Crippen LogP contribution is -2.46. The molecule has 1 aliphatic heterocycles. The number of rotatable bonds is 2. The SMILES string of the molecule is CC1(C)COC(c2ccccc2)(c2ccccc2F)OC1. The predicted octanol–water partition coefficient (Wildman–Crippen LogP) is 4.10. The van der Waals surface area contributed by atoms with Gasteiger partial charge in [-0.25, -0.2) is 4.39 Å². The van der Waals surface area contributed by atoms with E-state index in [1.807, 2.05) is 30.3 Å². The third-order valence-corrected chi connectivity index (χ3v) is 3.71. The highest BCUT2D eigenvalue weighted by Gasteiger charge is 2.45. The summed E-state index contributed by atoms with van der Waals surface area (Å²) < 4.78 is 26.5. The van der Waals surface area contributed by atoms with E-state index in [9.17, 15) is 4.39 Å². The molecule has 0 unspecified atom stereocenters. The Morgan fingerprint density at radius 3 is 2.05 bits per heavy atom. The lowest BCUT2D eigenvalue weighted by molar-refractivity contribution is -0.285. The largest absolute Gasteiger partial charge is 0.341 e. The van der Waals surface area contributed by atoms with E-state index in [1.54, 1.807) is 18.2 Å². The van der Waals surface area contributed by atoms with Crippen LogP contribution in [0.4, 0.5) is 4.39 Å². The van der Waals surface area contributed by atoms with Crippen molar-refractivity contribution in [2.24, 2.45) is 5.41 Å². The quantitative estimate of drug-likeness (QED) is 0.827. The van der Waals surface area contributed by atoms with Crippen LogP contribution in [0.3, 0.4) is 0 Å². The molecule has 2 aromatic rings. The lowest BCUT2D eigenvalue weighted by atomic mass is 9.90. The Labute approximate surface area is 124 Å². The molecular weight excluding hydrogens is 267 g/mol. The van der Waals surface area contributed by atoms with Gasteiger partial charge in [0.1, 0.15) is 5.82 Å². The molecular formula is C18H19FO2. The van der Waals surface area contributed by atoms with Crippen molar-refractivity contribution in [1.82, 2.24) is 0 Å². The first-order valence-corrected chi connectivity index (χ1v) is 7.12. The molecule has 1 heterocycles. The normalized spacial score (nSPS) is 20.1. The summed E-state index contributed by atoms with van der Waals surface area (Å²) in [5.74, 6) is -1.48. The molecule has 0 amide bonds. The van der Waals surface area contributed by atoms with Crippen LogP contribution in [0.1, 0.15) is 25.0 Å². The highest BCUT2D eigenvalue weighted by atomic mass is 19.1. The van der Waals surface area contributed by atoms with Crippen LogP contribution in [-0.4, -0.2) is 13.2 Å². The zero-order chi connectivity index (χ0) is 14.9. The molecule has 0 saturated carbocycles. The highest BCUT2D eigenvalue weighted by Crippen LogP contribution is 2.42. The van der Waals surface area contributed by atoms with E-state index in [4.69, 9.17) is 9.47 Å². The topological polar surface area (TPSA) is 18.5 Å². The van der Waals surface area contributed by atoms with Crippen molar-refractivity contribution in [3.8, 4) is 0 Å². The standard InChI is InChI=1S/C18H19FO2/c1-17(2)12-20-18(21-13-17,14-8-4-3-5-9-14)15-10-6-7-11-16(15)19/h3-11H,12-13H2,1-2H3. The molecule has 0 N–H and O–H groups in total. The molecule has 0 bridgehead atoms. The average Bonchev–Trinajstić information content (AvgIpc) is 2.50. The summed E-state index contributed by atoms with van der Waals surface area (Å²) in [6, 6.07) is 16.2. The summed E-state index contributed by atoms with van der Waals surface area (Å²) >= 11 is 0. The van der Waals surface area contributed by atoms with Crippen molar-refractivity contribution in [2.75, 3.05) is 13.2 Å². The Kier molecular flexibility index (Phi) is 3.56. The van der Waals surface area contributed by atoms with E-state index >= 15 is 0 Å². The van der Waals surface area contributed by atoms with Gasteiger partial charge in [0.2, 0.25) is 5.79 Å². The molecule has 0 spiro atoms. The van der Waals surface area contributed by atoms with Gasteiger partial charge < -0.3 is 9.47 Å². The second kappa shape index (κ2) is 5.24. The second-order valence-electron chi connectivity index (χ2n) is 6.20. The van der Waals surface area contributed by atoms with Gasteiger partial charge in [-0.3, -0.25) is 0 Å². The van der Waals surface area contributed by atoms with Crippen LogP contribution in [0.15, 0.2) is 54.6 Å². The summed E-state index contributed by atoms with van der Waals surface area (Å²) in [6.45, 7) is 5.17. The number of hydrogen-bond donors (Lipinski definition) is 0. The maximum Gasteiger partial charge on any atom is 0.225 e. The van der Waals surface area contributed by atoms with E-state index in [0.717, 1.165) is 5.56 Å². The first kappa shape index (κ1) is 14.2.